The molecule has 2 heterocycles. The standard InChI is InChI=1S/C14H16N2O3S/c1-8-5-13(18)16(14(15-8)19-4)7-12(17)11-6-9(2)20-10(11)3/h5-6H,7H2,1-4H3. The molecule has 0 spiro atoms. The maximum absolute atomic E-state index is 12.3. The number of hydrogen-bond acceptors (Lipinski definition) is 5. The van der Waals surface area contributed by atoms with E-state index in [1.165, 1.54) is 17.7 Å². The monoisotopic (exact) mass is 292 g/mol. The molecule has 0 fully saturated rings. The third-order valence-electron chi connectivity index (χ3n) is 2.93. The molecule has 0 aromatic carbocycles. The van der Waals surface area contributed by atoms with Crippen LogP contribution in [0.2, 0.25) is 0 Å². The third-order valence-corrected chi connectivity index (χ3v) is 3.89. The van der Waals surface area contributed by atoms with E-state index in [2.05, 4.69) is 4.98 Å². The van der Waals surface area contributed by atoms with Crippen LogP contribution in [-0.4, -0.2) is 22.4 Å². The van der Waals surface area contributed by atoms with Crippen LogP contribution < -0.4 is 10.3 Å². The van der Waals surface area contributed by atoms with Crippen molar-refractivity contribution < 1.29 is 9.53 Å². The number of nitrogens with zero attached hydrogens (tertiary/aromatic N) is 2. The Bertz CT molecular complexity index is 716. The van der Waals surface area contributed by atoms with Gasteiger partial charge in [0.05, 0.1) is 13.7 Å². The van der Waals surface area contributed by atoms with Gasteiger partial charge in [-0.3, -0.25) is 14.2 Å². The Morgan fingerprint density at radius 3 is 2.60 bits per heavy atom. The Kier molecular flexibility index (Phi) is 4.04. The topological polar surface area (TPSA) is 61.2 Å². The lowest BCUT2D eigenvalue weighted by atomic mass is 10.1. The molecule has 0 radical (unpaired) electrons. The summed E-state index contributed by atoms with van der Waals surface area (Å²) in [5.41, 5.74) is 0.937. The molecule has 6 heteroatoms. The smallest absolute Gasteiger partial charge is 0.299 e. The van der Waals surface area contributed by atoms with Crippen LogP contribution in [0.15, 0.2) is 16.9 Å². The van der Waals surface area contributed by atoms with Gasteiger partial charge in [-0.25, -0.2) is 4.98 Å². The first kappa shape index (κ1) is 14.5. The van der Waals surface area contributed by atoms with Crippen molar-refractivity contribution in [3.05, 3.63) is 43.5 Å². The predicted octanol–water partition coefficient (Wildman–Crippen LogP) is 2.12. The number of Topliss-reactive ketones (excluding diaryl/α,β-unsaturated/α-hetero) is 1. The lowest BCUT2D eigenvalue weighted by Gasteiger charge is -2.10. The summed E-state index contributed by atoms with van der Waals surface area (Å²) in [6, 6.07) is 3.40. The van der Waals surface area contributed by atoms with Gasteiger partial charge in [0.15, 0.2) is 5.78 Å². The largest absolute Gasteiger partial charge is 0.468 e. The second-order valence-corrected chi connectivity index (χ2v) is 6.02. The second kappa shape index (κ2) is 5.58. The van der Waals surface area contributed by atoms with Gasteiger partial charge in [0, 0.05) is 27.1 Å². The number of hydrogen-bond donors (Lipinski definition) is 0. The summed E-state index contributed by atoms with van der Waals surface area (Å²) in [6.07, 6.45) is 0. The van der Waals surface area contributed by atoms with Crippen molar-refractivity contribution in [1.29, 1.82) is 0 Å². The van der Waals surface area contributed by atoms with Gasteiger partial charge in [-0.1, -0.05) is 0 Å². The maximum atomic E-state index is 12.3. The molecule has 0 aliphatic heterocycles. The van der Waals surface area contributed by atoms with Crippen LogP contribution in [0.25, 0.3) is 0 Å². The van der Waals surface area contributed by atoms with E-state index in [0.717, 1.165) is 9.75 Å². The van der Waals surface area contributed by atoms with E-state index in [0.29, 0.717) is 11.3 Å². The van der Waals surface area contributed by atoms with Crippen molar-refractivity contribution in [1.82, 2.24) is 9.55 Å². The van der Waals surface area contributed by atoms with Crippen molar-refractivity contribution in [2.75, 3.05) is 7.11 Å². The van der Waals surface area contributed by atoms with Gasteiger partial charge in [0.1, 0.15) is 0 Å². The summed E-state index contributed by atoms with van der Waals surface area (Å²) in [5.74, 6) is -0.113. The van der Waals surface area contributed by atoms with Crippen molar-refractivity contribution in [3.8, 4) is 6.01 Å². The number of aromatic nitrogens is 2. The van der Waals surface area contributed by atoms with E-state index in [1.54, 1.807) is 18.3 Å². The van der Waals surface area contributed by atoms with Crippen LogP contribution in [-0.2, 0) is 6.54 Å². The zero-order chi connectivity index (χ0) is 14.9. The van der Waals surface area contributed by atoms with Crippen LogP contribution in [0.3, 0.4) is 0 Å². The Morgan fingerprint density at radius 2 is 2.05 bits per heavy atom. The fraction of sp³-hybridized carbons (Fsp3) is 0.357. The van der Waals surface area contributed by atoms with Gasteiger partial charge in [-0.15, -0.1) is 11.3 Å². The number of methoxy groups -OCH3 is 1. The van der Waals surface area contributed by atoms with Crippen molar-refractivity contribution in [2.24, 2.45) is 0 Å². The van der Waals surface area contributed by atoms with E-state index < -0.39 is 0 Å². The number of carbonyl (C=O) groups is 1. The molecule has 5 nitrogen and oxygen atoms in total. The van der Waals surface area contributed by atoms with Gasteiger partial charge in [0.2, 0.25) is 0 Å². The molecular weight excluding hydrogens is 276 g/mol. The van der Waals surface area contributed by atoms with Gasteiger partial charge < -0.3 is 4.74 Å². The first-order valence-corrected chi connectivity index (χ1v) is 6.96. The third kappa shape index (κ3) is 2.80. The minimum Gasteiger partial charge on any atom is -0.468 e. The van der Waals surface area contributed by atoms with Crippen molar-refractivity contribution in [2.45, 2.75) is 27.3 Å². The SMILES string of the molecule is COc1nc(C)cc(=O)n1CC(=O)c1cc(C)sc1C. The Hall–Kier alpha value is -1.95. The van der Waals surface area contributed by atoms with Gasteiger partial charge in [-0.2, -0.15) is 0 Å². The number of thiophene rings is 1. The molecule has 2 rings (SSSR count). The van der Waals surface area contributed by atoms with Gasteiger partial charge >= 0.3 is 0 Å². The average Bonchev–Trinajstić information content (AvgIpc) is 2.71. The maximum Gasteiger partial charge on any atom is 0.299 e. The molecule has 0 saturated heterocycles. The lowest BCUT2D eigenvalue weighted by molar-refractivity contribution is 0.0965. The molecular formula is C14H16N2O3S. The van der Waals surface area contributed by atoms with Crippen LogP contribution in [0.4, 0.5) is 0 Å². The summed E-state index contributed by atoms with van der Waals surface area (Å²) < 4.78 is 6.33. The average molecular weight is 292 g/mol. The van der Waals surface area contributed by atoms with E-state index in [4.69, 9.17) is 4.74 Å². The van der Waals surface area contributed by atoms with Crippen molar-refractivity contribution >= 4 is 17.1 Å². The summed E-state index contributed by atoms with van der Waals surface area (Å²) in [7, 11) is 1.43. The highest BCUT2D eigenvalue weighted by molar-refractivity contribution is 7.12. The minimum absolute atomic E-state index is 0.0632. The first-order chi connectivity index (χ1) is 9.42. The molecule has 20 heavy (non-hydrogen) atoms. The van der Waals surface area contributed by atoms with Crippen LogP contribution in [0.5, 0.6) is 6.01 Å². The van der Waals surface area contributed by atoms with E-state index in [1.807, 2.05) is 19.9 Å². The summed E-state index contributed by atoms with van der Waals surface area (Å²) in [6.45, 7) is 5.50. The molecule has 0 saturated carbocycles. The fourth-order valence-corrected chi connectivity index (χ4v) is 2.97. The quantitative estimate of drug-likeness (QED) is 0.810. The first-order valence-electron chi connectivity index (χ1n) is 6.15. The van der Waals surface area contributed by atoms with Crippen LogP contribution in [0, 0.1) is 20.8 Å². The van der Waals surface area contributed by atoms with Crippen molar-refractivity contribution in [3.63, 3.8) is 0 Å². The highest BCUT2D eigenvalue weighted by atomic mass is 32.1. The zero-order valence-corrected chi connectivity index (χ0v) is 12.7. The van der Waals surface area contributed by atoms with Crippen LogP contribution in [0.1, 0.15) is 25.8 Å². The highest BCUT2D eigenvalue weighted by Crippen LogP contribution is 2.21. The molecule has 0 unspecified atom stereocenters. The zero-order valence-electron chi connectivity index (χ0n) is 11.9. The highest BCUT2D eigenvalue weighted by Gasteiger charge is 2.16. The number of ketones is 1. The molecule has 0 atom stereocenters. The molecule has 2 aromatic heterocycles. The van der Waals surface area contributed by atoms with E-state index >= 15 is 0 Å². The van der Waals surface area contributed by atoms with Crippen LogP contribution >= 0.6 is 11.3 Å². The molecule has 0 aliphatic rings. The molecule has 2 aromatic rings. The number of aryl methyl sites for hydroxylation is 3. The van der Waals surface area contributed by atoms with E-state index in [-0.39, 0.29) is 23.9 Å². The molecule has 0 amide bonds. The predicted molar refractivity (Wildman–Crippen MR) is 77.9 cm³/mol. The Labute approximate surface area is 120 Å². The fourth-order valence-electron chi connectivity index (χ4n) is 2.03. The Morgan fingerprint density at radius 1 is 1.35 bits per heavy atom. The summed E-state index contributed by atoms with van der Waals surface area (Å²) in [5, 5.41) is 0. The van der Waals surface area contributed by atoms with E-state index in [9.17, 15) is 9.59 Å². The Balaban J connectivity index is 2.37. The summed E-state index contributed by atoms with van der Waals surface area (Å²) >= 11 is 1.57. The second-order valence-electron chi connectivity index (χ2n) is 4.56. The lowest BCUT2D eigenvalue weighted by Crippen LogP contribution is -2.26. The summed E-state index contributed by atoms with van der Waals surface area (Å²) in [4.78, 5) is 30.4. The number of rotatable bonds is 4. The molecule has 0 aliphatic carbocycles. The molecule has 106 valence electrons. The number of carbonyl (C=O) groups excluding carboxylic acids is 1. The minimum atomic E-state index is -0.285. The molecule has 0 bridgehead atoms. The number of ether oxygens (including phenoxy) is 1. The normalized spacial score (nSPS) is 10.6. The molecule has 0 N–H and O–H groups in total. The van der Waals surface area contributed by atoms with Gasteiger partial charge in [0.25, 0.3) is 11.6 Å². The van der Waals surface area contributed by atoms with Gasteiger partial charge in [-0.05, 0) is 26.8 Å².